The topological polar surface area (TPSA) is 38.3 Å². The molecule has 0 heterocycles. The zero-order valence-electron chi connectivity index (χ0n) is 9.25. The van der Waals surface area contributed by atoms with Crippen LogP contribution in [0.25, 0.3) is 0 Å². The van der Waals surface area contributed by atoms with Gasteiger partial charge in [-0.15, -0.1) is 0 Å². The fourth-order valence-corrected chi connectivity index (χ4v) is 0.944. The maximum atomic E-state index is 11.1. The van der Waals surface area contributed by atoms with E-state index in [1.54, 1.807) is 6.92 Å². The molecule has 14 heavy (non-hydrogen) atoms. The van der Waals surface area contributed by atoms with Crippen molar-refractivity contribution in [2.75, 3.05) is 19.8 Å². The number of hydrogen-bond donors (Lipinski definition) is 2. The zero-order valence-corrected chi connectivity index (χ0v) is 10.1. The molecule has 0 radical (unpaired) electrons. The largest absolute Gasteiger partial charge is 0.381 e. The summed E-state index contributed by atoms with van der Waals surface area (Å²) in [6.07, 6.45) is 0.860. The summed E-state index contributed by atoms with van der Waals surface area (Å²) in [5.74, 6) is 0.555. The second-order valence-electron chi connectivity index (χ2n) is 3.79. The van der Waals surface area contributed by atoms with Crippen LogP contribution in [0.15, 0.2) is 0 Å². The number of carbonyl (C=O) groups is 1. The van der Waals surface area contributed by atoms with Crippen molar-refractivity contribution in [2.24, 2.45) is 5.92 Å². The summed E-state index contributed by atoms with van der Waals surface area (Å²) in [6, 6.07) is 0. The van der Waals surface area contributed by atoms with Gasteiger partial charge in [-0.1, -0.05) is 13.8 Å². The summed E-state index contributed by atoms with van der Waals surface area (Å²) in [5, 5.41) is 2.54. The van der Waals surface area contributed by atoms with E-state index in [2.05, 4.69) is 31.8 Å². The summed E-state index contributed by atoms with van der Waals surface area (Å²) in [5.41, 5.74) is 0. The number of hydrogen-bond acceptors (Lipinski definition) is 3. The molecule has 0 bridgehead atoms. The molecule has 0 saturated carbocycles. The van der Waals surface area contributed by atoms with Gasteiger partial charge in [-0.05, 0) is 19.3 Å². The molecule has 0 aromatic rings. The summed E-state index contributed by atoms with van der Waals surface area (Å²) < 4.78 is 5.37. The van der Waals surface area contributed by atoms with E-state index in [0.29, 0.717) is 19.1 Å². The second-order valence-corrected chi connectivity index (χ2v) is 4.56. The molecular weight excluding hydrogens is 198 g/mol. The zero-order chi connectivity index (χ0) is 11.0. The summed E-state index contributed by atoms with van der Waals surface area (Å²) in [6.45, 7) is 8.15. The number of carbonyl (C=O) groups excluding carboxylic acids is 1. The predicted molar refractivity (Wildman–Crippen MR) is 61.7 cm³/mol. The minimum atomic E-state index is -0.230. The van der Waals surface area contributed by atoms with E-state index in [4.69, 9.17) is 4.74 Å². The molecule has 0 aliphatic heterocycles. The lowest BCUT2D eigenvalue weighted by molar-refractivity contribution is -0.120. The fourth-order valence-electron chi connectivity index (χ4n) is 0.853. The van der Waals surface area contributed by atoms with Gasteiger partial charge in [0.25, 0.3) is 0 Å². The molecule has 3 nitrogen and oxygen atoms in total. The SMILES string of the molecule is CC(C)COCCCNC(=O)C(C)S. The van der Waals surface area contributed by atoms with E-state index in [-0.39, 0.29) is 11.2 Å². The van der Waals surface area contributed by atoms with Crippen LogP contribution in [0.3, 0.4) is 0 Å². The molecule has 0 aliphatic rings. The van der Waals surface area contributed by atoms with Gasteiger partial charge < -0.3 is 10.1 Å². The van der Waals surface area contributed by atoms with Crippen LogP contribution in [0.2, 0.25) is 0 Å². The van der Waals surface area contributed by atoms with Crippen LogP contribution < -0.4 is 5.32 Å². The van der Waals surface area contributed by atoms with Crippen molar-refractivity contribution in [1.29, 1.82) is 0 Å². The van der Waals surface area contributed by atoms with E-state index < -0.39 is 0 Å². The molecule has 1 unspecified atom stereocenters. The van der Waals surface area contributed by atoms with Gasteiger partial charge in [0.1, 0.15) is 0 Å². The Balaban J connectivity index is 3.18. The van der Waals surface area contributed by atoms with Crippen molar-refractivity contribution in [3.8, 4) is 0 Å². The quantitative estimate of drug-likeness (QED) is 0.503. The van der Waals surface area contributed by atoms with Crippen LogP contribution in [0.1, 0.15) is 27.2 Å². The Morgan fingerprint density at radius 2 is 2.07 bits per heavy atom. The number of rotatable bonds is 7. The lowest BCUT2D eigenvalue weighted by Gasteiger charge is -2.08. The van der Waals surface area contributed by atoms with Crippen LogP contribution in [0, 0.1) is 5.92 Å². The molecule has 1 atom stereocenters. The van der Waals surface area contributed by atoms with Crippen molar-refractivity contribution in [3.63, 3.8) is 0 Å². The van der Waals surface area contributed by atoms with E-state index >= 15 is 0 Å². The first-order valence-corrected chi connectivity index (χ1v) is 5.59. The number of nitrogens with one attached hydrogen (secondary N) is 1. The standard InChI is InChI=1S/C10H21NO2S/c1-8(2)7-13-6-4-5-11-10(12)9(3)14/h8-9,14H,4-7H2,1-3H3,(H,11,12). The Morgan fingerprint density at radius 3 is 2.57 bits per heavy atom. The summed E-state index contributed by atoms with van der Waals surface area (Å²) in [7, 11) is 0. The molecular formula is C10H21NO2S. The number of amides is 1. The molecule has 84 valence electrons. The van der Waals surface area contributed by atoms with Crippen molar-refractivity contribution in [1.82, 2.24) is 5.32 Å². The van der Waals surface area contributed by atoms with Gasteiger partial charge in [0, 0.05) is 19.8 Å². The highest BCUT2D eigenvalue weighted by molar-refractivity contribution is 7.81. The van der Waals surface area contributed by atoms with Gasteiger partial charge in [-0.2, -0.15) is 12.6 Å². The molecule has 0 aliphatic carbocycles. The van der Waals surface area contributed by atoms with Crippen LogP contribution in [0.5, 0.6) is 0 Å². The van der Waals surface area contributed by atoms with Crippen molar-refractivity contribution in [2.45, 2.75) is 32.4 Å². The summed E-state index contributed by atoms with van der Waals surface area (Å²) >= 11 is 4.02. The van der Waals surface area contributed by atoms with Crippen LogP contribution >= 0.6 is 12.6 Å². The number of thiol groups is 1. The molecule has 4 heteroatoms. The third kappa shape index (κ3) is 8.38. The Hall–Kier alpha value is -0.220. The van der Waals surface area contributed by atoms with Crippen LogP contribution in [-0.2, 0) is 9.53 Å². The Kier molecular flexibility index (Phi) is 7.99. The molecule has 0 aromatic carbocycles. The maximum absolute atomic E-state index is 11.1. The minimum absolute atomic E-state index is 0.0165. The molecule has 0 aromatic heterocycles. The van der Waals surface area contributed by atoms with Gasteiger partial charge in [0.2, 0.25) is 5.91 Å². The normalized spacial score (nSPS) is 12.9. The summed E-state index contributed by atoms with van der Waals surface area (Å²) in [4.78, 5) is 11.1. The number of ether oxygens (including phenoxy) is 1. The van der Waals surface area contributed by atoms with E-state index in [1.807, 2.05) is 0 Å². The van der Waals surface area contributed by atoms with Gasteiger partial charge in [-0.25, -0.2) is 0 Å². The van der Waals surface area contributed by atoms with E-state index in [1.165, 1.54) is 0 Å². The third-order valence-electron chi connectivity index (χ3n) is 1.60. The maximum Gasteiger partial charge on any atom is 0.232 e. The second kappa shape index (κ2) is 8.12. The van der Waals surface area contributed by atoms with E-state index in [0.717, 1.165) is 13.0 Å². The highest BCUT2D eigenvalue weighted by Gasteiger charge is 2.05. The predicted octanol–water partition coefficient (Wildman–Crippen LogP) is 1.48. The highest BCUT2D eigenvalue weighted by Crippen LogP contribution is 1.94. The van der Waals surface area contributed by atoms with Crippen molar-refractivity contribution in [3.05, 3.63) is 0 Å². The van der Waals surface area contributed by atoms with Gasteiger partial charge in [0.15, 0.2) is 0 Å². The van der Waals surface area contributed by atoms with E-state index in [9.17, 15) is 4.79 Å². The lowest BCUT2D eigenvalue weighted by atomic mass is 10.2. The Labute approximate surface area is 92.0 Å². The van der Waals surface area contributed by atoms with Gasteiger partial charge in [-0.3, -0.25) is 4.79 Å². The van der Waals surface area contributed by atoms with Crippen molar-refractivity contribution < 1.29 is 9.53 Å². The average molecular weight is 219 g/mol. The lowest BCUT2D eigenvalue weighted by Crippen LogP contribution is -2.31. The molecule has 0 spiro atoms. The monoisotopic (exact) mass is 219 g/mol. The smallest absolute Gasteiger partial charge is 0.232 e. The third-order valence-corrected chi connectivity index (χ3v) is 1.83. The first-order chi connectivity index (χ1) is 6.54. The molecule has 0 saturated heterocycles. The minimum Gasteiger partial charge on any atom is -0.381 e. The molecule has 1 N–H and O–H groups in total. The van der Waals surface area contributed by atoms with Crippen LogP contribution in [0.4, 0.5) is 0 Å². The van der Waals surface area contributed by atoms with Gasteiger partial charge in [0.05, 0.1) is 5.25 Å². The molecule has 0 fully saturated rings. The van der Waals surface area contributed by atoms with Gasteiger partial charge >= 0.3 is 0 Å². The van der Waals surface area contributed by atoms with Crippen LogP contribution in [-0.4, -0.2) is 30.9 Å². The Morgan fingerprint density at radius 1 is 1.43 bits per heavy atom. The highest BCUT2D eigenvalue weighted by atomic mass is 32.1. The first kappa shape index (κ1) is 13.8. The average Bonchev–Trinajstić information content (AvgIpc) is 2.09. The molecule has 0 rings (SSSR count). The fraction of sp³-hybridized carbons (Fsp3) is 0.900. The Bertz CT molecular complexity index is 160. The van der Waals surface area contributed by atoms with Crippen molar-refractivity contribution >= 4 is 18.5 Å². The first-order valence-electron chi connectivity index (χ1n) is 5.07. The molecule has 1 amide bonds.